The lowest BCUT2D eigenvalue weighted by atomic mass is 10.0. The largest absolute Gasteiger partial charge is 0.481 e. The van der Waals surface area contributed by atoms with Gasteiger partial charge in [0.05, 0.1) is 6.42 Å². The van der Waals surface area contributed by atoms with Gasteiger partial charge in [-0.1, -0.05) is 24.2 Å². The Morgan fingerprint density at radius 3 is 2.89 bits per heavy atom. The summed E-state index contributed by atoms with van der Waals surface area (Å²) in [6.07, 6.45) is 1.80. The maximum absolute atomic E-state index is 10.6. The molecule has 0 spiro atoms. The Morgan fingerprint density at radius 1 is 1.33 bits per heavy atom. The molecule has 0 atom stereocenters. The lowest BCUT2D eigenvalue weighted by Crippen LogP contribution is -2.18. The van der Waals surface area contributed by atoms with Crippen molar-refractivity contribution in [3.8, 4) is 11.4 Å². The van der Waals surface area contributed by atoms with Crippen LogP contribution < -0.4 is 5.32 Å². The van der Waals surface area contributed by atoms with Crippen molar-refractivity contribution in [3.05, 3.63) is 35.2 Å². The molecule has 1 aromatic heterocycles. The third-order valence-electron chi connectivity index (χ3n) is 4.58. The van der Waals surface area contributed by atoms with E-state index in [1.807, 2.05) is 17.1 Å². The van der Waals surface area contributed by atoms with Gasteiger partial charge in [-0.25, -0.2) is 0 Å². The summed E-state index contributed by atoms with van der Waals surface area (Å²) in [6.45, 7) is 6.99. The molecule has 0 fully saturated rings. The maximum Gasteiger partial charge on any atom is 0.304 e. The topological polar surface area (TPSA) is 104 Å². The monoisotopic (exact) mass is 371 g/mol. The van der Waals surface area contributed by atoms with Gasteiger partial charge in [0, 0.05) is 38.2 Å². The maximum atomic E-state index is 10.6. The minimum Gasteiger partial charge on any atom is -0.481 e. The van der Waals surface area contributed by atoms with Crippen LogP contribution in [0.1, 0.15) is 43.7 Å². The summed E-state index contributed by atoms with van der Waals surface area (Å²) in [4.78, 5) is 15.1. The van der Waals surface area contributed by atoms with Gasteiger partial charge in [-0.2, -0.15) is 10.1 Å². The highest BCUT2D eigenvalue weighted by Crippen LogP contribution is 2.22. The van der Waals surface area contributed by atoms with Crippen LogP contribution in [-0.4, -0.2) is 51.6 Å². The highest BCUT2D eigenvalue weighted by atomic mass is 16.5. The van der Waals surface area contributed by atoms with Crippen LogP contribution in [0.2, 0.25) is 0 Å². The van der Waals surface area contributed by atoms with Crippen LogP contribution in [-0.2, 0) is 17.8 Å². The molecule has 0 radical (unpaired) electrons. The Morgan fingerprint density at radius 2 is 2.19 bits per heavy atom. The molecular formula is C19H25N5O3. The van der Waals surface area contributed by atoms with Crippen LogP contribution in [0.15, 0.2) is 27.8 Å². The number of nitrogens with zero attached hydrogens (tertiary/aromatic N) is 4. The fraction of sp³-hybridized carbons (Fsp3) is 0.474. The van der Waals surface area contributed by atoms with Crippen molar-refractivity contribution in [2.24, 2.45) is 5.10 Å². The van der Waals surface area contributed by atoms with E-state index in [0.29, 0.717) is 24.8 Å². The van der Waals surface area contributed by atoms with Crippen LogP contribution in [0.5, 0.6) is 0 Å². The van der Waals surface area contributed by atoms with E-state index in [4.69, 9.17) is 9.63 Å². The SMILES string of the molecule is CCc1cc(-c2noc(C3=NN(CC)CC3)n2)ccc1CNCCC(=O)O. The lowest BCUT2D eigenvalue weighted by molar-refractivity contribution is -0.136. The van der Waals surface area contributed by atoms with Crippen LogP contribution >= 0.6 is 0 Å². The molecule has 2 N–H and O–H groups in total. The Hall–Kier alpha value is -2.74. The molecule has 1 aliphatic heterocycles. The Labute approximate surface area is 158 Å². The summed E-state index contributed by atoms with van der Waals surface area (Å²) in [5.41, 5.74) is 4.07. The van der Waals surface area contributed by atoms with Gasteiger partial charge >= 0.3 is 5.97 Å². The van der Waals surface area contributed by atoms with Gasteiger partial charge in [0.25, 0.3) is 5.89 Å². The van der Waals surface area contributed by atoms with Gasteiger partial charge in [-0.3, -0.25) is 9.80 Å². The third kappa shape index (κ3) is 4.71. The molecule has 8 nitrogen and oxygen atoms in total. The zero-order valence-corrected chi connectivity index (χ0v) is 15.7. The Kier molecular flexibility index (Phi) is 6.18. The number of hydrogen-bond acceptors (Lipinski definition) is 7. The molecule has 2 aromatic rings. The lowest BCUT2D eigenvalue weighted by Gasteiger charge is -2.10. The van der Waals surface area contributed by atoms with Crippen LogP contribution in [0.25, 0.3) is 11.4 Å². The van der Waals surface area contributed by atoms with Crippen molar-refractivity contribution >= 4 is 11.7 Å². The van der Waals surface area contributed by atoms with Gasteiger partial charge < -0.3 is 14.9 Å². The molecule has 1 aliphatic rings. The molecule has 144 valence electrons. The van der Waals surface area contributed by atoms with Crippen molar-refractivity contribution in [1.82, 2.24) is 20.5 Å². The zero-order chi connectivity index (χ0) is 19.2. The number of hydrazone groups is 1. The summed E-state index contributed by atoms with van der Waals surface area (Å²) in [7, 11) is 0. The second kappa shape index (κ2) is 8.77. The molecule has 0 unspecified atom stereocenters. The van der Waals surface area contributed by atoms with Gasteiger partial charge in [0.2, 0.25) is 5.82 Å². The molecule has 0 amide bonds. The highest BCUT2D eigenvalue weighted by Gasteiger charge is 2.21. The Bertz CT molecular complexity index is 831. The number of aliphatic carboxylic acids is 1. The van der Waals surface area contributed by atoms with Crippen molar-refractivity contribution in [1.29, 1.82) is 0 Å². The normalized spacial score (nSPS) is 13.9. The molecule has 27 heavy (non-hydrogen) atoms. The number of carboxylic acid groups (broad SMARTS) is 1. The predicted octanol–water partition coefficient (Wildman–Crippen LogP) is 2.29. The van der Waals surface area contributed by atoms with Crippen molar-refractivity contribution in [2.75, 3.05) is 19.6 Å². The first kappa shape index (κ1) is 19.0. The number of aromatic nitrogens is 2. The van der Waals surface area contributed by atoms with Crippen LogP contribution in [0.4, 0.5) is 0 Å². The average Bonchev–Trinajstić information content (AvgIpc) is 3.34. The minimum absolute atomic E-state index is 0.116. The quantitative estimate of drug-likeness (QED) is 0.652. The molecule has 0 aliphatic carbocycles. The van der Waals surface area contributed by atoms with Gasteiger partial charge in [-0.05, 0) is 30.5 Å². The predicted molar refractivity (Wildman–Crippen MR) is 101 cm³/mol. The molecule has 3 rings (SSSR count). The number of nitrogens with one attached hydrogen (secondary N) is 1. The summed E-state index contributed by atoms with van der Waals surface area (Å²) in [5, 5.41) is 22.5. The van der Waals surface area contributed by atoms with Crippen molar-refractivity contribution in [3.63, 3.8) is 0 Å². The fourth-order valence-electron chi connectivity index (χ4n) is 3.03. The second-order valence-corrected chi connectivity index (χ2v) is 6.42. The molecule has 1 aromatic carbocycles. The average molecular weight is 371 g/mol. The number of carboxylic acids is 1. The van der Waals surface area contributed by atoms with E-state index in [0.717, 1.165) is 42.8 Å². The van der Waals surface area contributed by atoms with Crippen molar-refractivity contribution < 1.29 is 14.4 Å². The molecule has 0 saturated heterocycles. The minimum atomic E-state index is -0.796. The fourth-order valence-corrected chi connectivity index (χ4v) is 3.03. The van der Waals surface area contributed by atoms with E-state index in [1.165, 1.54) is 5.56 Å². The Balaban J connectivity index is 1.71. The number of aryl methyl sites for hydroxylation is 1. The summed E-state index contributed by atoms with van der Waals surface area (Å²) < 4.78 is 5.41. The molecule has 2 heterocycles. The second-order valence-electron chi connectivity index (χ2n) is 6.42. The molecule has 8 heteroatoms. The first-order valence-corrected chi connectivity index (χ1v) is 9.31. The van der Waals surface area contributed by atoms with Gasteiger partial charge in [0.1, 0.15) is 5.71 Å². The summed E-state index contributed by atoms with van der Waals surface area (Å²) in [5.74, 6) is 0.247. The van der Waals surface area contributed by atoms with Gasteiger partial charge in [0.15, 0.2) is 0 Å². The van der Waals surface area contributed by atoms with E-state index in [9.17, 15) is 4.79 Å². The summed E-state index contributed by atoms with van der Waals surface area (Å²) in [6, 6.07) is 6.07. The molecule has 0 bridgehead atoms. The van der Waals surface area contributed by atoms with E-state index >= 15 is 0 Å². The summed E-state index contributed by atoms with van der Waals surface area (Å²) >= 11 is 0. The van der Waals surface area contributed by atoms with Crippen molar-refractivity contribution in [2.45, 2.75) is 39.7 Å². The number of carbonyl (C=O) groups is 1. The van der Waals surface area contributed by atoms with Gasteiger partial charge in [-0.15, -0.1) is 0 Å². The molecule has 0 saturated carbocycles. The number of rotatable bonds is 9. The van der Waals surface area contributed by atoms with E-state index in [2.05, 4.69) is 40.5 Å². The van der Waals surface area contributed by atoms with Crippen LogP contribution in [0.3, 0.4) is 0 Å². The molecular weight excluding hydrogens is 346 g/mol. The third-order valence-corrected chi connectivity index (χ3v) is 4.58. The first-order chi connectivity index (χ1) is 13.1. The van der Waals surface area contributed by atoms with Crippen LogP contribution in [0, 0.1) is 0 Å². The standard InChI is InChI=1S/C19H25N5O3/c1-3-13-11-14(5-6-15(13)12-20-9-7-17(25)26)18-21-19(27-23-18)16-8-10-24(4-2)22-16/h5-6,11,20H,3-4,7-10,12H2,1-2H3,(H,25,26). The van der Waals surface area contributed by atoms with E-state index in [-0.39, 0.29) is 6.42 Å². The smallest absolute Gasteiger partial charge is 0.304 e. The highest BCUT2D eigenvalue weighted by molar-refractivity contribution is 5.97. The zero-order valence-electron chi connectivity index (χ0n) is 15.7. The first-order valence-electron chi connectivity index (χ1n) is 9.31. The number of hydrogen-bond donors (Lipinski definition) is 2. The van der Waals surface area contributed by atoms with E-state index < -0.39 is 5.97 Å². The number of benzene rings is 1. The van der Waals surface area contributed by atoms with E-state index in [1.54, 1.807) is 0 Å².